The predicted octanol–water partition coefficient (Wildman–Crippen LogP) is 4.50. The first-order valence-electron chi connectivity index (χ1n) is 10.9. The van der Waals surface area contributed by atoms with Crippen LogP contribution < -0.4 is 14.9 Å². The highest BCUT2D eigenvalue weighted by Crippen LogP contribution is 2.28. The van der Waals surface area contributed by atoms with Crippen LogP contribution in [0.15, 0.2) is 65.8 Å². The standard InChI is InChI=1S/C26H23FN4O4/c1-4-31-16(2)29-21-14-18(10-11-22(21)31)25(32)30-28-15-17-9-12-23(24(13-17)34-3)35-26(33)19-7-5-6-8-20(19)27/h5-15H,4H2,1-3H3,(H,30,32)/b28-15+. The SMILES string of the molecule is CCn1c(C)nc2cc(C(=O)N/N=C/c3ccc(OC(=O)c4ccccc4F)c(OC)c3)ccc21. The summed E-state index contributed by atoms with van der Waals surface area (Å²) in [6.45, 7) is 4.76. The lowest BCUT2D eigenvalue weighted by molar-refractivity contribution is 0.0724. The normalized spacial score (nSPS) is 11.1. The smallest absolute Gasteiger partial charge is 0.346 e. The molecule has 35 heavy (non-hydrogen) atoms. The Morgan fingerprint density at radius 3 is 2.66 bits per heavy atom. The first kappa shape index (κ1) is 23.6. The number of aromatic nitrogens is 2. The second-order valence-electron chi connectivity index (χ2n) is 7.59. The van der Waals surface area contributed by atoms with E-state index in [1.165, 1.54) is 37.6 Å². The number of fused-ring (bicyclic) bond motifs is 1. The summed E-state index contributed by atoms with van der Waals surface area (Å²) in [5.74, 6) is -0.645. The maximum atomic E-state index is 13.8. The quantitative estimate of drug-likeness (QED) is 0.184. The minimum Gasteiger partial charge on any atom is -0.493 e. The molecule has 4 rings (SSSR count). The largest absolute Gasteiger partial charge is 0.493 e. The van der Waals surface area contributed by atoms with Gasteiger partial charge in [0.2, 0.25) is 0 Å². The summed E-state index contributed by atoms with van der Waals surface area (Å²) >= 11 is 0. The maximum absolute atomic E-state index is 13.8. The molecular weight excluding hydrogens is 451 g/mol. The van der Waals surface area contributed by atoms with Crippen LogP contribution >= 0.6 is 0 Å². The number of aryl methyl sites for hydroxylation is 2. The second kappa shape index (κ2) is 10.2. The molecule has 0 aliphatic carbocycles. The second-order valence-corrected chi connectivity index (χ2v) is 7.59. The van der Waals surface area contributed by atoms with E-state index in [0.29, 0.717) is 11.1 Å². The first-order chi connectivity index (χ1) is 16.9. The van der Waals surface area contributed by atoms with Crippen molar-refractivity contribution >= 4 is 29.1 Å². The summed E-state index contributed by atoms with van der Waals surface area (Å²) < 4.78 is 26.5. The van der Waals surface area contributed by atoms with Gasteiger partial charge in [-0.15, -0.1) is 0 Å². The maximum Gasteiger partial charge on any atom is 0.346 e. The highest BCUT2D eigenvalue weighted by atomic mass is 19.1. The molecule has 0 unspecified atom stereocenters. The van der Waals surface area contributed by atoms with Gasteiger partial charge < -0.3 is 14.0 Å². The van der Waals surface area contributed by atoms with E-state index in [0.717, 1.165) is 23.4 Å². The number of carbonyl (C=O) groups excluding carboxylic acids is 2. The molecule has 178 valence electrons. The van der Waals surface area contributed by atoms with Gasteiger partial charge in [-0.25, -0.2) is 19.6 Å². The molecule has 0 spiro atoms. The van der Waals surface area contributed by atoms with Crippen molar-refractivity contribution in [3.63, 3.8) is 0 Å². The van der Waals surface area contributed by atoms with Gasteiger partial charge in [-0.05, 0) is 67.9 Å². The first-order valence-corrected chi connectivity index (χ1v) is 10.9. The van der Waals surface area contributed by atoms with Crippen LogP contribution in [0.3, 0.4) is 0 Å². The number of carbonyl (C=O) groups is 2. The van der Waals surface area contributed by atoms with Crippen LogP contribution in [0.2, 0.25) is 0 Å². The Bertz CT molecular complexity index is 1440. The number of rotatable bonds is 7. The number of benzene rings is 3. The van der Waals surface area contributed by atoms with E-state index in [1.54, 1.807) is 30.3 Å². The highest BCUT2D eigenvalue weighted by molar-refractivity contribution is 5.98. The fourth-order valence-electron chi connectivity index (χ4n) is 3.65. The summed E-state index contributed by atoms with van der Waals surface area (Å²) in [5, 5.41) is 4.00. The van der Waals surface area contributed by atoms with Gasteiger partial charge in [0.05, 0.1) is 29.9 Å². The summed E-state index contributed by atoms with van der Waals surface area (Å²) in [5.41, 5.74) is 5.03. The minimum atomic E-state index is -0.842. The van der Waals surface area contributed by atoms with Gasteiger partial charge in [0.25, 0.3) is 5.91 Å². The molecule has 4 aromatic rings. The molecule has 0 saturated heterocycles. The number of hydrogen-bond acceptors (Lipinski definition) is 6. The average molecular weight is 474 g/mol. The Balaban J connectivity index is 1.44. The number of imidazole rings is 1. The Morgan fingerprint density at radius 2 is 1.91 bits per heavy atom. The van der Waals surface area contributed by atoms with E-state index in [9.17, 15) is 14.0 Å². The Hall–Kier alpha value is -4.53. The molecule has 8 nitrogen and oxygen atoms in total. The number of halogens is 1. The van der Waals surface area contributed by atoms with E-state index in [4.69, 9.17) is 9.47 Å². The van der Waals surface area contributed by atoms with Crippen molar-refractivity contribution < 1.29 is 23.5 Å². The van der Waals surface area contributed by atoms with Gasteiger partial charge >= 0.3 is 5.97 Å². The van der Waals surface area contributed by atoms with Gasteiger partial charge in [-0.2, -0.15) is 5.10 Å². The molecule has 9 heteroatoms. The summed E-state index contributed by atoms with van der Waals surface area (Å²) in [4.78, 5) is 29.3. The van der Waals surface area contributed by atoms with E-state index in [2.05, 4.69) is 20.1 Å². The Labute approximate surface area is 201 Å². The van der Waals surface area contributed by atoms with Crippen LogP contribution in [0.5, 0.6) is 11.5 Å². The Kier molecular flexibility index (Phi) is 6.86. The number of amides is 1. The van der Waals surface area contributed by atoms with E-state index >= 15 is 0 Å². The molecule has 0 aliphatic rings. The number of ether oxygens (including phenoxy) is 2. The molecule has 1 aromatic heterocycles. The van der Waals surface area contributed by atoms with Crippen molar-refractivity contribution in [2.75, 3.05) is 7.11 Å². The zero-order valence-corrected chi connectivity index (χ0v) is 19.4. The van der Waals surface area contributed by atoms with Crippen molar-refractivity contribution in [2.45, 2.75) is 20.4 Å². The molecule has 0 bridgehead atoms. The number of methoxy groups -OCH3 is 1. The molecule has 1 amide bonds. The van der Waals surface area contributed by atoms with Crippen molar-refractivity contribution in [3.05, 3.63) is 89.0 Å². The number of esters is 1. The van der Waals surface area contributed by atoms with E-state index < -0.39 is 11.8 Å². The third kappa shape index (κ3) is 5.03. The van der Waals surface area contributed by atoms with E-state index in [1.807, 2.05) is 19.9 Å². The van der Waals surface area contributed by atoms with Gasteiger partial charge in [-0.3, -0.25) is 4.79 Å². The van der Waals surface area contributed by atoms with Gasteiger partial charge in [0, 0.05) is 12.1 Å². The minimum absolute atomic E-state index is 0.122. The zero-order valence-electron chi connectivity index (χ0n) is 19.4. The van der Waals surface area contributed by atoms with Crippen LogP contribution in [-0.4, -0.2) is 34.8 Å². The zero-order chi connectivity index (χ0) is 24.9. The third-order valence-electron chi connectivity index (χ3n) is 5.38. The lowest BCUT2D eigenvalue weighted by atomic mass is 10.2. The molecule has 0 aliphatic heterocycles. The van der Waals surface area contributed by atoms with Crippen LogP contribution in [0, 0.1) is 12.7 Å². The van der Waals surface area contributed by atoms with Gasteiger partial charge in [0.15, 0.2) is 11.5 Å². The summed E-state index contributed by atoms with van der Waals surface area (Å²) in [6.07, 6.45) is 1.43. The average Bonchev–Trinajstić information content (AvgIpc) is 3.18. The monoisotopic (exact) mass is 474 g/mol. The molecule has 3 aromatic carbocycles. The topological polar surface area (TPSA) is 94.8 Å². The lowest BCUT2D eigenvalue weighted by Gasteiger charge is -2.10. The van der Waals surface area contributed by atoms with Gasteiger partial charge in [-0.1, -0.05) is 12.1 Å². The number of nitrogens with one attached hydrogen (secondary N) is 1. The van der Waals surface area contributed by atoms with Crippen molar-refractivity contribution in [1.82, 2.24) is 15.0 Å². The highest BCUT2D eigenvalue weighted by Gasteiger charge is 2.16. The predicted molar refractivity (Wildman–Crippen MR) is 130 cm³/mol. The number of hydrazone groups is 1. The molecule has 0 saturated carbocycles. The molecule has 1 N–H and O–H groups in total. The Morgan fingerprint density at radius 1 is 1.11 bits per heavy atom. The van der Waals surface area contributed by atoms with E-state index in [-0.39, 0.29) is 23.0 Å². The van der Waals surface area contributed by atoms with Crippen LogP contribution in [0.1, 0.15) is 39.0 Å². The fourth-order valence-corrected chi connectivity index (χ4v) is 3.65. The van der Waals surface area contributed by atoms with Crippen molar-refractivity contribution in [3.8, 4) is 11.5 Å². The third-order valence-corrected chi connectivity index (χ3v) is 5.38. The molecule has 0 fully saturated rings. The fraction of sp³-hybridized carbons (Fsp3) is 0.154. The van der Waals surface area contributed by atoms with Gasteiger partial charge in [0.1, 0.15) is 11.6 Å². The van der Waals surface area contributed by atoms with Crippen molar-refractivity contribution in [2.24, 2.45) is 5.10 Å². The summed E-state index contributed by atoms with van der Waals surface area (Å²) in [7, 11) is 1.41. The molecule has 0 atom stereocenters. The van der Waals surface area contributed by atoms with Crippen LogP contribution in [0.4, 0.5) is 4.39 Å². The molecule has 1 heterocycles. The van der Waals surface area contributed by atoms with Crippen LogP contribution in [-0.2, 0) is 6.54 Å². The number of nitrogens with zero attached hydrogens (tertiary/aromatic N) is 3. The summed E-state index contributed by atoms with van der Waals surface area (Å²) in [6, 6.07) is 15.6. The van der Waals surface area contributed by atoms with Crippen molar-refractivity contribution in [1.29, 1.82) is 0 Å². The lowest BCUT2D eigenvalue weighted by Crippen LogP contribution is -2.17. The van der Waals surface area contributed by atoms with Crippen LogP contribution in [0.25, 0.3) is 11.0 Å². The molecule has 0 radical (unpaired) electrons. The molecular formula is C26H23FN4O4. The number of hydrogen-bond donors (Lipinski definition) is 1.